The zero-order chi connectivity index (χ0) is 19.0. The van der Waals surface area contributed by atoms with E-state index in [4.69, 9.17) is 11.6 Å². The second kappa shape index (κ2) is 6.89. The van der Waals surface area contributed by atoms with Crippen LogP contribution in [0.3, 0.4) is 0 Å². The standard InChI is InChI=1S/C20H17ClN4O2/c1-25-17-7-6-13(21)10-15(17)19(26)18(24-25)20(27)22-9-8-12-11-23-16-5-3-2-4-14(12)16/h2-7,10-11,23H,8-9H2,1H3,(H,22,27). The van der Waals surface area contributed by atoms with Gasteiger partial charge in [0.15, 0.2) is 5.69 Å². The molecule has 0 saturated heterocycles. The molecule has 2 aromatic carbocycles. The fourth-order valence-corrected chi connectivity index (χ4v) is 3.40. The van der Waals surface area contributed by atoms with Crippen LogP contribution in [0.2, 0.25) is 5.02 Å². The Morgan fingerprint density at radius 3 is 2.89 bits per heavy atom. The summed E-state index contributed by atoms with van der Waals surface area (Å²) in [6, 6.07) is 12.9. The number of aromatic amines is 1. The molecule has 0 radical (unpaired) electrons. The quantitative estimate of drug-likeness (QED) is 0.571. The molecule has 4 rings (SSSR count). The molecule has 7 heteroatoms. The Kier molecular flexibility index (Phi) is 4.41. The van der Waals surface area contributed by atoms with E-state index in [1.54, 1.807) is 25.2 Å². The van der Waals surface area contributed by atoms with Crippen LogP contribution in [-0.2, 0) is 13.5 Å². The molecule has 0 fully saturated rings. The minimum Gasteiger partial charge on any atom is -0.361 e. The van der Waals surface area contributed by atoms with Crippen molar-refractivity contribution in [3.8, 4) is 0 Å². The van der Waals surface area contributed by atoms with Crippen LogP contribution in [-0.4, -0.2) is 27.2 Å². The number of aromatic nitrogens is 3. The van der Waals surface area contributed by atoms with Gasteiger partial charge in [-0.3, -0.25) is 14.3 Å². The summed E-state index contributed by atoms with van der Waals surface area (Å²) in [5, 5.41) is 8.87. The lowest BCUT2D eigenvalue weighted by atomic mass is 10.1. The highest BCUT2D eigenvalue weighted by Crippen LogP contribution is 2.18. The Labute approximate surface area is 159 Å². The summed E-state index contributed by atoms with van der Waals surface area (Å²) in [6.45, 7) is 0.402. The van der Waals surface area contributed by atoms with Crippen LogP contribution in [0.25, 0.3) is 21.8 Å². The molecule has 0 unspecified atom stereocenters. The summed E-state index contributed by atoms with van der Waals surface area (Å²) in [5.41, 5.74) is 2.24. The van der Waals surface area contributed by atoms with Gasteiger partial charge in [0.1, 0.15) is 0 Å². The lowest BCUT2D eigenvalue weighted by Gasteiger charge is -2.08. The number of para-hydroxylation sites is 1. The molecule has 0 atom stereocenters. The third-order valence-corrected chi connectivity index (χ3v) is 4.82. The van der Waals surface area contributed by atoms with Crippen molar-refractivity contribution in [3.63, 3.8) is 0 Å². The summed E-state index contributed by atoms with van der Waals surface area (Å²) in [4.78, 5) is 28.4. The first kappa shape index (κ1) is 17.3. The van der Waals surface area contributed by atoms with E-state index in [1.165, 1.54) is 4.68 Å². The summed E-state index contributed by atoms with van der Waals surface area (Å²) in [7, 11) is 1.69. The van der Waals surface area contributed by atoms with Gasteiger partial charge in [-0.15, -0.1) is 0 Å². The SMILES string of the molecule is Cn1nc(C(=O)NCCc2c[nH]c3ccccc23)c(=O)c2cc(Cl)ccc21. The molecule has 0 spiro atoms. The van der Waals surface area contributed by atoms with Crippen molar-refractivity contribution >= 4 is 39.3 Å². The molecule has 136 valence electrons. The smallest absolute Gasteiger partial charge is 0.275 e. The minimum absolute atomic E-state index is 0.133. The van der Waals surface area contributed by atoms with Crippen molar-refractivity contribution in [2.45, 2.75) is 6.42 Å². The monoisotopic (exact) mass is 380 g/mol. The lowest BCUT2D eigenvalue weighted by molar-refractivity contribution is 0.0946. The minimum atomic E-state index is -0.489. The Morgan fingerprint density at radius 2 is 2.04 bits per heavy atom. The molecule has 0 saturated carbocycles. The van der Waals surface area contributed by atoms with Crippen molar-refractivity contribution in [2.24, 2.45) is 7.05 Å². The molecule has 2 N–H and O–H groups in total. The van der Waals surface area contributed by atoms with Crippen LogP contribution in [0.15, 0.2) is 53.5 Å². The highest BCUT2D eigenvalue weighted by molar-refractivity contribution is 6.31. The highest BCUT2D eigenvalue weighted by Gasteiger charge is 2.16. The van der Waals surface area contributed by atoms with Gasteiger partial charge in [-0.25, -0.2) is 0 Å². The number of amides is 1. The van der Waals surface area contributed by atoms with Crippen molar-refractivity contribution in [2.75, 3.05) is 6.54 Å². The van der Waals surface area contributed by atoms with Crippen molar-refractivity contribution < 1.29 is 4.79 Å². The molecule has 2 heterocycles. The van der Waals surface area contributed by atoms with Gasteiger partial charge in [0.2, 0.25) is 5.43 Å². The number of nitrogens with zero attached hydrogens (tertiary/aromatic N) is 2. The molecular formula is C20H17ClN4O2. The molecular weight excluding hydrogens is 364 g/mol. The lowest BCUT2D eigenvalue weighted by Crippen LogP contribution is -2.33. The fraction of sp³-hybridized carbons (Fsp3) is 0.150. The average Bonchev–Trinajstić information content (AvgIpc) is 3.07. The Balaban J connectivity index is 1.55. The number of halogens is 1. The van der Waals surface area contributed by atoms with Gasteiger partial charge in [-0.05, 0) is 36.2 Å². The number of benzene rings is 2. The summed E-state index contributed by atoms with van der Waals surface area (Å²) in [5.74, 6) is -0.489. The largest absolute Gasteiger partial charge is 0.361 e. The maximum absolute atomic E-state index is 12.6. The van der Waals surface area contributed by atoms with Crippen LogP contribution >= 0.6 is 11.6 Å². The van der Waals surface area contributed by atoms with Crippen LogP contribution in [0.5, 0.6) is 0 Å². The number of fused-ring (bicyclic) bond motifs is 2. The summed E-state index contributed by atoms with van der Waals surface area (Å²) in [6.07, 6.45) is 2.58. The number of H-pyrrole nitrogens is 1. The Hall–Kier alpha value is -3.12. The first-order valence-electron chi connectivity index (χ1n) is 8.54. The van der Waals surface area contributed by atoms with Gasteiger partial charge in [0.05, 0.1) is 10.9 Å². The summed E-state index contributed by atoms with van der Waals surface area (Å²) >= 11 is 5.99. The first-order valence-corrected chi connectivity index (χ1v) is 8.92. The van der Waals surface area contributed by atoms with Crippen LogP contribution in [0, 0.1) is 0 Å². The second-order valence-corrected chi connectivity index (χ2v) is 6.76. The average molecular weight is 381 g/mol. The van der Waals surface area contributed by atoms with E-state index in [2.05, 4.69) is 15.4 Å². The van der Waals surface area contributed by atoms with Crippen molar-refractivity contribution in [1.82, 2.24) is 20.1 Å². The third-order valence-electron chi connectivity index (χ3n) is 4.59. The van der Waals surface area contributed by atoms with Gasteiger partial charge < -0.3 is 10.3 Å². The molecule has 4 aromatic rings. The zero-order valence-electron chi connectivity index (χ0n) is 14.6. The molecule has 1 amide bonds. The van der Waals surface area contributed by atoms with E-state index in [0.717, 1.165) is 16.5 Å². The second-order valence-electron chi connectivity index (χ2n) is 6.33. The molecule has 0 aliphatic rings. The molecule has 0 aliphatic carbocycles. The van der Waals surface area contributed by atoms with Crippen LogP contribution in [0.1, 0.15) is 16.1 Å². The fourth-order valence-electron chi connectivity index (χ4n) is 3.23. The number of aryl methyl sites for hydroxylation is 1. The van der Waals surface area contributed by atoms with Gasteiger partial charge in [-0.1, -0.05) is 29.8 Å². The van der Waals surface area contributed by atoms with E-state index in [0.29, 0.717) is 28.9 Å². The molecule has 6 nitrogen and oxygen atoms in total. The Bertz CT molecular complexity index is 1230. The van der Waals surface area contributed by atoms with E-state index < -0.39 is 11.3 Å². The number of carbonyl (C=O) groups excluding carboxylic acids is 1. The predicted octanol–water partition coefficient (Wildman–Crippen LogP) is 3.04. The number of nitrogens with one attached hydrogen (secondary N) is 2. The van der Waals surface area contributed by atoms with E-state index in [9.17, 15) is 9.59 Å². The molecule has 0 bridgehead atoms. The third kappa shape index (κ3) is 3.19. The van der Waals surface area contributed by atoms with Crippen molar-refractivity contribution in [3.05, 3.63) is 75.2 Å². The predicted molar refractivity (Wildman–Crippen MR) is 106 cm³/mol. The van der Waals surface area contributed by atoms with Gasteiger partial charge in [0, 0.05) is 35.7 Å². The number of hydrogen-bond acceptors (Lipinski definition) is 3. The Morgan fingerprint density at radius 1 is 1.22 bits per heavy atom. The summed E-state index contributed by atoms with van der Waals surface area (Å²) < 4.78 is 1.52. The first-order chi connectivity index (χ1) is 13.0. The van der Waals surface area contributed by atoms with Gasteiger partial charge in [-0.2, -0.15) is 5.10 Å². The van der Waals surface area contributed by atoms with Gasteiger partial charge in [0.25, 0.3) is 5.91 Å². The van der Waals surface area contributed by atoms with E-state index >= 15 is 0 Å². The van der Waals surface area contributed by atoms with Crippen LogP contribution < -0.4 is 10.7 Å². The van der Waals surface area contributed by atoms with E-state index in [-0.39, 0.29) is 5.69 Å². The van der Waals surface area contributed by atoms with Crippen molar-refractivity contribution in [1.29, 1.82) is 0 Å². The maximum atomic E-state index is 12.6. The molecule has 2 aromatic heterocycles. The highest BCUT2D eigenvalue weighted by atomic mass is 35.5. The topological polar surface area (TPSA) is 79.8 Å². The zero-order valence-corrected chi connectivity index (χ0v) is 15.4. The normalized spacial score (nSPS) is 11.2. The number of rotatable bonds is 4. The molecule has 0 aliphatic heterocycles. The number of carbonyl (C=O) groups is 1. The number of hydrogen-bond donors (Lipinski definition) is 2. The molecule has 27 heavy (non-hydrogen) atoms. The van der Waals surface area contributed by atoms with Gasteiger partial charge >= 0.3 is 0 Å². The van der Waals surface area contributed by atoms with E-state index in [1.807, 2.05) is 30.5 Å². The van der Waals surface area contributed by atoms with Crippen LogP contribution in [0.4, 0.5) is 0 Å². The maximum Gasteiger partial charge on any atom is 0.275 e.